The van der Waals surface area contributed by atoms with E-state index >= 15 is 0 Å². The number of carboxylic acids is 1. The maximum Gasteiger partial charge on any atom is 0.410 e. The van der Waals surface area contributed by atoms with Crippen LogP contribution in [0.1, 0.15) is 33.9 Å². The number of carboxylic acid groups (broad SMARTS) is 1. The molecule has 0 aliphatic carbocycles. The van der Waals surface area contributed by atoms with Crippen LogP contribution in [0.3, 0.4) is 0 Å². The van der Waals surface area contributed by atoms with E-state index in [1.165, 1.54) is 23.1 Å². The largest absolute Gasteiger partial charge is 0.482 e. The molecular weight excluding hydrogens is 458 g/mol. The van der Waals surface area contributed by atoms with Gasteiger partial charge in [-0.05, 0) is 47.4 Å². The second-order valence-electron chi connectivity index (χ2n) is 7.89. The van der Waals surface area contributed by atoms with Gasteiger partial charge in [-0.3, -0.25) is 4.90 Å². The molecule has 1 amide bonds. The Labute approximate surface area is 199 Å². The van der Waals surface area contributed by atoms with E-state index in [9.17, 15) is 23.6 Å². The van der Waals surface area contributed by atoms with E-state index < -0.39 is 36.3 Å². The first-order valence-corrected chi connectivity index (χ1v) is 10.7. The number of ether oxygens (including phenoxy) is 2. The third-order valence-corrected chi connectivity index (χ3v) is 5.63. The minimum atomic E-state index is -1.24. The van der Waals surface area contributed by atoms with Crippen LogP contribution >= 0.6 is 0 Å². The number of halogens is 2. The first-order valence-electron chi connectivity index (χ1n) is 10.7. The molecule has 0 radical (unpaired) electrons. The van der Waals surface area contributed by atoms with E-state index in [1.807, 2.05) is 12.1 Å². The summed E-state index contributed by atoms with van der Waals surface area (Å²) in [5, 5.41) is 18.5. The molecule has 0 fully saturated rings. The van der Waals surface area contributed by atoms with Crippen LogP contribution in [0.4, 0.5) is 13.6 Å². The van der Waals surface area contributed by atoms with Gasteiger partial charge in [0.2, 0.25) is 0 Å². The van der Waals surface area contributed by atoms with E-state index in [0.717, 1.165) is 17.7 Å². The van der Waals surface area contributed by atoms with Crippen molar-refractivity contribution in [1.82, 2.24) is 4.90 Å². The Morgan fingerprint density at radius 2 is 1.86 bits per heavy atom. The number of fused-ring (bicyclic) bond motifs is 1. The van der Waals surface area contributed by atoms with E-state index in [0.29, 0.717) is 0 Å². The van der Waals surface area contributed by atoms with E-state index in [1.54, 1.807) is 24.3 Å². The number of carbonyl (C=O) groups is 2. The smallest absolute Gasteiger partial charge is 0.410 e. The summed E-state index contributed by atoms with van der Waals surface area (Å²) in [4.78, 5) is 25.6. The summed E-state index contributed by atoms with van der Waals surface area (Å²) in [7, 11) is 0. The maximum absolute atomic E-state index is 14.7. The number of hydrogen-bond acceptors (Lipinski definition) is 5. The molecule has 1 aliphatic heterocycles. The summed E-state index contributed by atoms with van der Waals surface area (Å²) < 4.78 is 39.9. The van der Waals surface area contributed by atoms with Crippen molar-refractivity contribution in [2.24, 2.45) is 0 Å². The lowest BCUT2D eigenvalue weighted by atomic mass is 9.87. The first kappa shape index (κ1) is 23.7. The first-order chi connectivity index (χ1) is 16.9. The summed E-state index contributed by atoms with van der Waals surface area (Å²) >= 11 is 0. The van der Waals surface area contributed by atoms with E-state index in [-0.39, 0.29) is 47.6 Å². The molecular formula is C26H20F2N2O5. The number of rotatable bonds is 6. The number of benzene rings is 3. The van der Waals surface area contributed by atoms with Crippen molar-refractivity contribution in [1.29, 1.82) is 5.26 Å². The van der Waals surface area contributed by atoms with Gasteiger partial charge in [0.15, 0.2) is 6.61 Å². The van der Waals surface area contributed by atoms with Gasteiger partial charge in [0.1, 0.15) is 24.0 Å². The van der Waals surface area contributed by atoms with Crippen molar-refractivity contribution in [3.05, 3.63) is 100 Å². The average Bonchev–Trinajstić information content (AvgIpc) is 2.85. The van der Waals surface area contributed by atoms with Crippen molar-refractivity contribution in [2.45, 2.75) is 19.1 Å². The van der Waals surface area contributed by atoms with Crippen LogP contribution in [-0.4, -0.2) is 35.2 Å². The lowest BCUT2D eigenvalue weighted by Gasteiger charge is -2.37. The summed E-state index contributed by atoms with van der Waals surface area (Å²) in [6.07, 6.45) is -0.623. The fourth-order valence-corrected chi connectivity index (χ4v) is 4.10. The predicted molar refractivity (Wildman–Crippen MR) is 120 cm³/mol. The van der Waals surface area contributed by atoms with Crippen LogP contribution in [0.25, 0.3) is 0 Å². The number of amides is 1. The Bertz CT molecular complexity index is 1310. The van der Waals surface area contributed by atoms with Crippen molar-refractivity contribution >= 4 is 12.1 Å². The van der Waals surface area contributed by atoms with Crippen LogP contribution in [0, 0.1) is 23.0 Å². The highest BCUT2D eigenvalue weighted by Gasteiger charge is 2.37. The molecule has 1 aliphatic rings. The summed E-state index contributed by atoms with van der Waals surface area (Å²) in [6, 6.07) is 16.0. The Balaban J connectivity index is 1.79. The van der Waals surface area contributed by atoms with Crippen molar-refractivity contribution in [3.63, 3.8) is 0 Å². The maximum atomic E-state index is 14.7. The molecule has 3 aromatic carbocycles. The zero-order chi connectivity index (χ0) is 24.9. The third kappa shape index (κ3) is 5.22. The number of nitriles is 1. The quantitative estimate of drug-likeness (QED) is 0.557. The molecule has 1 unspecified atom stereocenters. The minimum Gasteiger partial charge on any atom is -0.482 e. The minimum absolute atomic E-state index is 0.0200. The fourth-order valence-electron chi connectivity index (χ4n) is 4.10. The second-order valence-corrected chi connectivity index (χ2v) is 7.89. The van der Waals surface area contributed by atoms with E-state index in [2.05, 4.69) is 0 Å². The number of nitrogens with zero attached hydrogens (tertiary/aromatic N) is 2. The normalized spacial score (nSPS) is 14.5. The topological polar surface area (TPSA) is 99.9 Å². The molecule has 35 heavy (non-hydrogen) atoms. The fraction of sp³-hybridized carbons (Fsp3) is 0.192. The molecule has 0 saturated carbocycles. The zero-order valence-corrected chi connectivity index (χ0v) is 18.4. The highest BCUT2D eigenvalue weighted by molar-refractivity contribution is 5.71. The summed E-state index contributed by atoms with van der Waals surface area (Å²) in [5.41, 5.74) is 1.55. The summed E-state index contributed by atoms with van der Waals surface area (Å²) in [6.45, 7) is -0.661. The van der Waals surface area contributed by atoms with Crippen molar-refractivity contribution < 1.29 is 33.0 Å². The molecule has 0 saturated heterocycles. The van der Waals surface area contributed by atoms with Gasteiger partial charge in [-0.1, -0.05) is 30.3 Å². The van der Waals surface area contributed by atoms with Gasteiger partial charge in [0.05, 0.1) is 17.7 Å². The second kappa shape index (κ2) is 10.2. The van der Waals surface area contributed by atoms with Gasteiger partial charge in [0, 0.05) is 18.2 Å². The monoisotopic (exact) mass is 478 g/mol. The molecule has 3 aromatic rings. The molecule has 0 aromatic heterocycles. The Kier molecular flexibility index (Phi) is 6.92. The lowest BCUT2D eigenvalue weighted by Crippen LogP contribution is -2.41. The molecule has 4 rings (SSSR count). The SMILES string of the molecule is N#Cc1ccc(OCC(=O)O)c(C2c3cc(F)cc(F)c3CCN2C(=O)OCc2ccccc2)c1. The molecule has 7 nitrogen and oxygen atoms in total. The van der Waals surface area contributed by atoms with Gasteiger partial charge >= 0.3 is 12.1 Å². The van der Waals surface area contributed by atoms with Gasteiger partial charge in [0.25, 0.3) is 0 Å². The molecule has 1 heterocycles. The Morgan fingerprint density at radius 3 is 2.57 bits per heavy atom. The predicted octanol–water partition coefficient (Wildman–Crippen LogP) is 4.58. The van der Waals surface area contributed by atoms with Gasteiger partial charge in [-0.2, -0.15) is 5.26 Å². The molecule has 0 spiro atoms. The van der Waals surface area contributed by atoms with Crippen LogP contribution in [-0.2, 0) is 22.6 Å². The number of hydrogen-bond donors (Lipinski definition) is 1. The standard InChI is InChI=1S/C26H20F2N2O5/c27-18-11-20-19(22(28)12-18)8-9-30(26(33)35-14-16-4-2-1-3-5-16)25(20)21-10-17(13-29)6-7-23(21)34-15-24(31)32/h1-7,10-12,25H,8-9,14-15H2,(H,31,32). The van der Waals surface area contributed by atoms with E-state index in [4.69, 9.17) is 14.6 Å². The molecule has 1 N–H and O–H groups in total. The van der Waals surface area contributed by atoms with Crippen molar-refractivity contribution in [2.75, 3.05) is 13.2 Å². The molecule has 1 atom stereocenters. The number of aliphatic carboxylic acids is 1. The van der Waals surface area contributed by atoms with Crippen LogP contribution in [0.5, 0.6) is 5.75 Å². The Morgan fingerprint density at radius 1 is 1.09 bits per heavy atom. The van der Waals surface area contributed by atoms with Crippen LogP contribution in [0.15, 0.2) is 60.7 Å². The lowest BCUT2D eigenvalue weighted by molar-refractivity contribution is -0.139. The van der Waals surface area contributed by atoms with Crippen LogP contribution in [0.2, 0.25) is 0 Å². The molecule has 9 heteroatoms. The molecule has 178 valence electrons. The van der Waals surface area contributed by atoms with Gasteiger partial charge in [-0.15, -0.1) is 0 Å². The average molecular weight is 478 g/mol. The molecule has 0 bridgehead atoms. The zero-order valence-electron chi connectivity index (χ0n) is 18.4. The van der Waals surface area contributed by atoms with Crippen molar-refractivity contribution in [3.8, 4) is 11.8 Å². The van der Waals surface area contributed by atoms with Gasteiger partial charge < -0.3 is 14.6 Å². The highest BCUT2D eigenvalue weighted by Crippen LogP contribution is 2.41. The number of carbonyl (C=O) groups excluding carboxylic acids is 1. The van der Waals surface area contributed by atoms with Crippen LogP contribution < -0.4 is 4.74 Å². The highest BCUT2D eigenvalue weighted by atomic mass is 19.1. The summed E-state index contributed by atoms with van der Waals surface area (Å²) in [5.74, 6) is -2.77. The third-order valence-electron chi connectivity index (χ3n) is 5.63. The van der Waals surface area contributed by atoms with Gasteiger partial charge in [-0.25, -0.2) is 18.4 Å². The Hall–Kier alpha value is -4.45.